The Labute approximate surface area is 188 Å². The number of hydrogen-bond donors (Lipinski definition) is 0. The molecule has 4 rings (SSSR count). The molecule has 3 aromatic rings. The highest BCUT2D eigenvalue weighted by Gasteiger charge is 2.36. The lowest BCUT2D eigenvalue weighted by Crippen LogP contribution is -2.49. The third kappa shape index (κ3) is 4.21. The number of aromatic nitrogens is 3. The van der Waals surface area contributed by atoms with Crippen LogP contribution in [0.25, 0.3) is 11.4 Å². The molecule has 0 spiro atoms. The van der Waals surface area contributed by atoms with Crippen molar-refractivity contribution in [3.05, 3.63) is 69.3 Å². The quantitative estimate of drug-likeness (QED) is 0.413. The van der Waals surface area contributed by atoms with Gasteiger partial charge in [0.2, 0.25) is 0 Å². The number of rotatable bonds is 6. The average molecular weight is 455 g/mol. The third-order valence-electron chi connectivity index (χ3n) is 5.73. The zero-order valence-corrected chi connectivity index (χ0v) is 18.3. The Hall–Kier alpha value is -4.02. The fourth-order valence-electron chi connectivity index (χ4n) is 3.80. The summed E-state index contributed by atoms with van der Waals surface area (Å²) in [6.07, 6.45) is -0.427. The fourth-order valence-corrected chi connectivity index (χ4v) is 3.80. The first-order valence-electron chi connectivity index (χ1n) is 10.2. The lowest BCUT2D eigenvalue weighted by atomic mass is 9.99. The van der Waals surface area contributed by atoms with Crippen LogP contribution in [0.4, 0.5) is 14.9 Å². The SMILES string of the molecule is COC(=O)N1CC(c2nnc(-c3cc(F)c(C)c([N+](=O)[O-])c3)n2Cc2ccc(OC)cc2)C1. The first kappa shape index (κ1) is 22.2. The summed E-state index contributed by atoms with van der Waals surface area (Å²) in [4.78, 5) is 24.1. The normalized spacial score (nSPS) is 13.5. The molecular formula is C22H22FN5O5. The monoisotopic (exact) mass is 455 g/mol. The number of likely N-dealkylation sites (tertiary alicyclic amines) is 1. The summed E-state index contributed by atoms with van der Waals surface area (Å²) in [5.41, 5.74) is 0.787. The van der Waals surface area contributed by atoms with Gasteiger partial charge in [-0.25, -0.2) is 9.18 Å². The smallest absolute Gasteiger partial charge is 0.409 e. The Bertz CT molecular complexity index is 1200. The molecule has 2 aromatic carbocycles. The van der Waals surface area contributed by atoms with Gasteiger partial charge in [-0.1, -0.05) is 12.1 Å². The van der Waals surface area contributed by atoms with Gasteiger partial charge in [0.05, 0.1) is 37.2 Å². The van der Waals surface area contributed by atoms with E-state index in [1.807, 2.05) is 24.3 Å². The van der Waals surface area contributed by atoms with Crippen LogP contribution in [-0.4, -0.2) is 58.0 Å². The largest absolute Gasteiger partial charge is 0.497 e. The van der Waals surface area contributed by atoms with Crippen LogP contribution in [0.1, 0.15) is 22.9 Å². The minimum Gasteiger partial charge on any atom is -0.497 e. The molecule has 10 nitrogen and oxygen atoms in total. The predicted molar refractivity (Wildman–Crippen MR) is 116 cm³/mol. The number of nitrogens with zero attached hydrogens (tertiary/aromatic N) is 5. The molecule has 172 valence electrons. The zero-order valence-electron chi connectivity index (χ0n) is 18.3. The summed E-state index contributed by atoms with van der Waals surface area (Å²) in [7, 11) is 2.90. The van der Waals surface area contributed by atoms with Crippen LogP contribution in [0.5, 0.6) is 5.75 Å². The molecule has 1 fully saturated rings. The minimum absolute atomic E-state index is 0.0436. The van der Waals surface area contributed by atoms with Crippen LogP contribution < -0.4 is 4.74 Å². The first-order valence-corrected chi connectivity index (χ1v) is 10.2. The van der Waals surface area contributed by atoms with Crippen molar-refractivity contribution in [3.63, 3.8) is 0 Å². The van der Waals surface area contributed by atoms with Crippen molar-refractivity contribution in [2.75, 3.05) is 27.3 Å². The molecule has 0 aliphatic carbocycles. The van der Waals surface area contributed by atoms with Gasteiger partial charge in [-0.05, 0) is 30.7 Å². The maximum atomic E-state index is 14.5. The summed E-state index contributed by atoms with van der Waals surface area (Å²) in [5, 5.41) is 20.0. The number of carbonyl (C=O) groups excluding carboxylic acids is 1. The first-order chi connectivity index (χ1) is 15.8. The van der Waals surface area contributed by atoms with E-state index in [4.69, 9.17) is 9.47 Å². The molecule has 0 bridgehead atoms. The highest BCUT2D eigenvalue weighted by molar-refractivity contribution is 5.69. The maximum Gasteiger partial charge on any atom is 0.409 e. The highest BCUT2D eigenvalue weighted by Crippen LogP contribution is 2.33. The molecule has 1 aliphatic rings. The van der Waals surface area contributed by atoms with Crippen LogP contribution in [0, 0.1) is 22.9 Å². The molecule has 1 aliphatic heterocycles. The van der Waals surface area contributed by atoms with Crippen molar-refractivity contribution in [1.29, 1.82) is 0 Å². The van der Waals surface area contributed by atoms with E-state index >= 15 is 0 Å². The minimum atomic E-state index is -0.694. The van der Waals surface area contributed by atoms with Crippen molar-refractivity contribution < 1.29 is 23.6 Å². The second-order valence-electron chi connectivity index (χ2n) is 7.75. The van der Waals surface area contributed by atoms with Gasteiger partial charge in [0.1, 0.15) is 17.4 Å². The lowest BCUT2D eigenvalue weighted by molar-refractivity contribution is -0.385. The zero-order chi connectivity index (χ0) is 23.7. The Morgan fingerprint density at radius 2 is 1.91 bits per heavy atom. The van der Waals surface area contributed by atoms with Gasteiger partial charge in [0.25, 0.3) is 5.69 Å². The lowest BCUT2D eigenvalue weighted by Gasteiger charge is -2.37. The maximum absolute atomic E-state index is 14.5. The van der Waals surface area contributed by atoms with Crippen molar-refractivity contribution in [1.82, 2.24) is 19.7 Å². The topological polar surface area (TPSA) is 113 Å². The summed E-state index contributed by atoms with van der Waals surface area (Å²) in [6.45, 7) is 2.51. The number of nitro groups is 1. The van der Waals surface area contributed by atoms with Crippen molar-refractivity contribution in [3.8, 4) is 17.1 Å². The molecule has 1 saturated heterocycles. The van der Waals surface area contributed by atoms with Crippen LogP contribution in [-0.2, 0) is 11.3 Å². The molecule has 2 heterocycles. The van der Waals surface area contributed by atoms with E-state index in [1.54, 1.807) is 11.7 Å². The molecule has 1 aromatic heterocycles. The molecule has 1 amide bonds. The predicted octanol–water partition coefficient (Wildman–Crippen LogP) is 3.52. The Morgan fingerprint density at radius 3 is 2.52 bits per heavy atom. The number of hydrogen-bond acceptors (Lipinski definition) is 7. The van der Waals surface area contributed by atoms with Gasteiger partial charge in [-0.15, -0.1) is 10.2 Å². The van der Waals surface area contributed by atoms with E-state index < -0.39 is 16.8 Å². The summed E-state index contributed by atoms with van der Waals surface area (Å²) < 4.78 is 26.3. The van der Waals surface area contributed by atoms with Gasteiger partial charge in [-0.2, -0.15) is 0 Å². The van der Waals surface area contributed by atoms with E-state index in [-0.39, 0.29) is 22.7 Å². The number of ether oxygens (including phenoxy) is 2. The number of methoxy groups -OCH3 is 2. The van der Waals surface area contributed by atoms with Gasteiger partial charge in [-0.3, -0.25) is 10.1 Å². The molecule has 0 N–H and O–H groups in total. The van der Waals surface area contributed by atoms with Gasteiger partial charge >= 0.3 is 6.09 Å². The number of amides is 1. The molecule has 33 heavy (non-hydrogen) atoms. The van der Waals surface area contributed by atoms with Gasteiger partial charge < -0.3 is 18.9 Å². The van der Waals surface area contributed by atoms with Crippen LogP contribution in [0.3, 0.4) is 0 Å². The van der Waals surface area contributed by atoms with E-state index in [1.165, 1.54) is 31.1 Å². The molecule has 0 unspecified atom stereocenters. The van der Waals surface area contributed by atoms with Gasteiger partial charge in [0.15, 0.2) is 5.82 Å². The van der Waals surface area contributed by atoms with Crippen LogP contribution in [0.15, 0.2) is 36.4 Å². The summed E-state index contributed by atoms with van der Waals surface area (Å²) >= 11 is 0. The molecular weight excluding hydrogens is 433 g/mol. The van der Waals surface area contributed by atoms with Crippen LogP contribution >= 0.6 is 0 Å². The number of carbonyl (C=O) groups is 1. The highest BCUT2D eigenvalue weighted by atomic mass is 19.1. The third-order valence-corrected chi connectivity index (χ3v) is 5.73. The molecule has 0 saturated carbocycles. The summed E-state index contributed by atoms with van der Waals surface area (Å²) in [6, 6.07) is 9.92. The Kier molecular flexibility index (Phi) is 5.95. The van der Waals surface area contributed by atoms with E-state index in [0.29, 0.717) is 37.0 Å². The summed E-state index contributed by atoms with van der Waals surface area (Å²) in [5.74, 6) is 0.810. The number of nitro benzene ring substituents is 1. The van der Waals surface area contributed by atoms with Crippen molar-refractivity contribution >= 4 is 11.8 Å². The van der Waals surface area contributed by atoms with Crippen molar-refractivity contribution in [2.24, 2.45) is 0 Å². The second kappa shape index (κ2) is 8.85. The van der Waals surface area contributed by atoms with Gasteiger partial charge in [0, 0.05) is 24.7 Å². The van der Waals surface area contributed by atoms with E-state index in [2.05, 4.69) is 10.2 Å². The van der Waals surface area contributed by atoms with Crippen molar-refractivity contribution in [2.45, 2.75) is 19.4 Å². The molecule has 11 heteroatoms. The van der Waals surface area contributed by atoms with E-state index in [9.17, 15) is 19.3 Å². The Morgan fingerprint density at radius 1 is 1.21 bits per heavy atom. The van der Waals surface area contributed by atoms with E-state index in [0.717, 1.165) is 5.56 Å². The number of benzene rings is 2. The Balaban J connectivity index is 1.75. The molecule has 0 radical (unpaired) electrons. The van der Waals surface area contributed by atoms with Crippen LogP contribution in [0.2, 0.25) is 0 Å². The fraction of sp³-hybridized carbons (Fsp3) is 0.318. The second-order valence-corrected chi connectivity index (χ2v) is 7.75. The average Bonchev–Trinajstić information content (AvgIpc) is 3.17. The number of halogens is 1. The standard InChI is InChI=1S/C22H22FN5O5/c1-13-18(23)8-15(9-19(13)28(30)31)20-24-25-21(16-11-26(12-16)22(29)33-3)27(20)10-14-4-6-17(32-2)7-5-14/h4-9,16H,10-12H2,1-3H3. The molecule has 0 atom stereocenters.